The maximum Gasteiger partial charge on any atom is 0.163 e. The highest BCUT2D eigenvalue weighted by atomic mass is 16.1. The van der Waals surface area contributed by atoms with E-state index >= 15 is 0 Å². The van der Waals surface area contributed by atoms with Crippen LogP contribution in [0.2, 0.25) is 0 Å². The molecule has 3 atom stereocenters. The van der Waals surface area contributed by atoms with Crippen molar-refractivity contribution >= 4 is 5.78 Å². The summed E-state index contributed by atoms with van der Waals surface area (Å²) in [5, 5.41) is 0. The van der Waals surface area contributed by atoms with Crippen LogP contribution in [-0.2, 0) is 11.2 Å². The molecule has 0 amide bonds. The molecule has 0 radical (unpaired) electrons. The summed E-state index contributed by atoms with van der Waals surface area (Å²) in [5.41, 5.74) is 7.68. The van der Waals surface area contributed by atoms with Gasteiger partial charge < -0.3 is 0 Å². The van der Waals surface area contributed by atoms with Crippen LogP contribution < -0.4 is 0 Å². The monoisotopic (exact) mass is 464 g/mol. The van der Waals surface area contributed by atoms with Gasteiger partial charge in [0, 0.05) is 23.8 Å². The highest BCUT2D eigenvalue weighted by Gasteiger charge is 2.39. The first kappa shape index (κ1) is 30.1. The van der Waals surface area contributed by atoms with Gasteiger partial charge in [0.2, 0.25) is 0 Å². The summed E-state index contributed by atoms with van der Waals surface area (Å²) < 4.78 is 0. The van der Waals surface area contributed by atoms with E-state index in [4.69, 9.17) is 0 Å². The van der Waals surface area contributed by atoms with E-state index in [-0.39, 0.29) is 5.92 Å². The highest BCUT2D eigenvalue weighted by molar-refractivity contribution is 6.01. The molecule has 0 aromatic heterocycles. The molecule has 190 valence electrons. The molecule has 0 aliphatic heterocycles. The minimum Gasteiger partial charge on any atom is -0.294 e. The predicted octanol–water partition coefficient (Wildman–Crippen LogP) is 9.85. The summed E-state index contributed by atoms with van der Waals surface area (Å²) in [6.45, 7) is 23.6. The molecule has 2 aliphatic rings. The molecule has 3 rings (SSSR count). The van der Waals surface area contributed by atoms with E-state index in [1.165, 1.54) is 41.5 Å². The van der Waals surface area contributed by atoms with E-state index in [1.54, 1.807) is 0 Å². The summed E-state index contributed by atoms with van der Waals surface area (Å²) in [6, 6.07) is 8.88. The second-order valence-corrected chi connectivity index (χ2v) is 10.0. The Kier molecular flexibility index (Phi) is 13.5. The zero-order valence-electron chi connectivity index (χ0n) is 23.8. The van der Waals surface area contributed by atoms with Gasteiger partial charge in [-0.2, -0.15) is 0 Å². The number of carbonyl (C=O) groups is 1. The second kappa shape index (κ2) is 15.2. The van der Waals surface area contributed by atoms with Crippen molar-refractivity contribution in [3.8, 4) is 0 Å². The fourth-order valence-corrected chi connectivity index (χ4v) is 5.40. The number of carbonyl (C=O) groups excluding carboxylic acids is 1. The van der Waals surface area contributed by atoms with Crippen LogP contribution in [0.25, 0.3) is 0 Å². The third kappa shape index (κ3) is 7.82. The van der Waals surface area contributed by atoms with E-state index in [2.05, 4.69) is 71.5 Å². The van der Waals surface area contributed by atoms with Crippen LogP contribution in [0.1, 0.15) is 105 Å². The van der Waals surface area contributed by atoms with Gasteiger partial charge in [0.15, 0.2) is 5.78 Å². The van der Waals surface area contributed by atoms with Crippen LogP contribution in [-0.4, -0.2) is 5.78 Å². The summed E-state index contributed by atoms with van der Waals surface area (Å²) >= 11 is 0. The van der Waals surface area contributed by atoms with Gasteiger partial charge in [-0.3, -0.25) is 4.79 Å². The van der Waals surface area contributed by atoms with E-state index in [0.29, 0.717) is 30.0 Å². The molecule has 2 aliphatic carbocycles. The predicted molar refractivity (Wildman–Crippen MR) is 151 cm³/mol. The number of Topliss-reactive ketones (excluding diaryl/α,β-unsaturated/α-hetero) is 1. The lowest BCUT2D eigenvalue weighted by atomic mass is 9.73. The lowest BCUT2D eigenvalue weighted by Gasteiger charge is -2.30. The molecule has 0 spiro atoms. The molecule has 0 saturated carbocycles. The smallest absolute Gasteiger partial charge is 0.163 e. The van der Waals surface area contributed by atoms with Crippen molar-refractivity contribution in [3.05, 3.63) is 70.3 Å². The maximum absolute atomic E-state index is 13.2. The zero-order valence-corrected chi connectivity index (χ0v) is 23.8. The fraction of sp³-hybridized carbons (Fsp3) is 0.606. The van der Waals surface area contributed by atoms with E-state index < -0.39 is 0 Å². The van der Waals surface area contributed by atoms with Gasteiger partial charge in [-0.1, -0.05) is 128 Å². The van der Waals surface area contributed by atoms with Gasteiger partial charge in [0.1, 0.15) is 0 Å². The van der Waals surface area contributed by atoms with Crippen molar-refractivity contribution in [2.45, 2.75) is 107 Å². The van der Waals surface area contributed by atoms with Gasteiger partial charge in [-0.25, -0.2) is 0 Å². The summed E-state index contributed by atoms with van der Waals surface area (Å²) in [7, 11) is 0. The van der Waals surface area contributed by atoms with Crippen molar-refractivity contribution in [2.24, 2.45) is 23.7 Å². The van der Waals surface area contributed by atoms with Crippen molar-refractivity contribution in [2.75, 3.05) is 0 Å². The van der Waals surface area contributed by atoms with Crippen molar-refractivity contribution in [1.82, 2.24) is 0 Å². The van der Waals surface area contributed by atoms with Gasteiger partial charge in [0.25, 0.3) is 0 Å². The van der Waals surface area contributed by atoms with Crippen LogP contribution in [0.3, 0.4) is 0 Å². The minimum absolute atomic E-state index is 0.254. The standard InChI is InChI=1S/C29H40O.2C2H6/c1-7-9-22(8-2)16-24-18-27-25(14-19(3)4)21(6)15-28(30)29(27)26(24)17-23-12-10-20(5)11-13-23;2*1-2/h10-13,18-19,22,25-26H,6-9,14-17H2,1-5H3;2*1-2H3. The zero-order chi connectivity index (χ0) is 25.8. The fourth-order valence-electron chi connectivity index (χ4n) is 5.40. The Morgan fingerprint density at radius 1 is 1.00 bits per heavy atom. The topological polar surface area (TPSA) is 17.1 Å². The molecular weight excluding hydrogens is 412 g/mol. The SMILES string of the molecule is C=C1CC(=O)C2=C(C=C(CC(CC)CCC)C2Cc2ccc(C)cc2)C1CC(C)C.CC.CC. The molecule has 0 fully saturated rings. The van der Waals surface area contributed by atoms with Gasteiger partial charge in [-0.15, -0.1) is 0 Å². The van der Waals surface area contributed by atoms with Crippen LogP contribution in [0.5, 0.6) is 0 Å². The molecule has 34 heavy (non-hydrogen) atoms. The number of rotatable bonds is 9. The molecule has 3 unspecified atom stereocenters. The van der Waals surface area contributed by atoms with Gasteiger partial charge in [0.05, 0.1) is 0 Å². The van der Waals surface area contributed by atoms with Crippen molar-refractivity contribution < 1.29 is 4.79 Å². The maximum atomic E-state index is 13.2. The quantitative estimate of drug-likeness (QED) is 0.332. The lowest BCUT2D eigenvalue weighted by molar-refractivity contribution is -0.115. The first-order chi connectivity index (χ1) is 16.3. The average Bonchev–Trinajstić information content (AvgIpc) is 3.18. The van der Waals surface area contributed by atoms with Crippen molar-refractivity contribution in [3.63, 3.8) is 0 Å². The molecule has 0 saturated heterocycles. The molecule has 1 heteroatoms. The summed E-state index contributed by atoms with van der Waals surface area (Å²) in [4.78, 5) is 13.2. The Bertz CT molecular complexity index is 834. The van der Waals surface area contributed by atoms with Crippen LogP contribution in [0.15, 0.2) is 59.2 Å². The lowest BCUT2D eigenvalue weighted by Crippen LogP contribution is -2.25. The summed E-state index contributed by atoms with van der Waals surface area (Å²) in [5.74, 6) is 2.24. The second-order valence-electron chi connectivity index (χ2n) is 10.0. The number of hydrogen-bond donors (Lipinski definition) is 0. The van der Waals surface area contributed by atoms with Crippen molar-refractivity contribution in [1.29, 1.82) is 0 Å². The number of aryl methyl sites for hydroxylation is 1. The van der Waals surface area contributed by atoms with Gasteiger partial charge >= 0.3 is 0 Å². The first-order valence-electron chi connectivity index (χ1n) is 14.0. The minimum atomic E-state index is 0.254. The molecule has 1 aromatic rings. The normalized spacial score (nSPS) is 20.2. The van der Waals surface area contributed by atoms with E-state index in [1.807, 2.05) is 27.7 Å². The Labute approximate surface area is 211 Å². The van der Waals surface area contributed by atoms with Crippen LogP contribution in [0.4, 0.5) is 0 Å². The third-order valence-corrected chi connectivity index (χ3v) is 7.07. The molecule has 1 nitrogen and oxygen atoms in total. The largest absolute Gasteiger partial charge is 0.294 e. The molecule has 0 heterocycles. The van der Waals surface area contributed by atoms with E-state index in [9.17, 15) is 4.79 Å². The van der Waals surface area contributed by atoms with Crippen LogP contribution >= 0.6 is 0 Å². The van der Waals surface area contributed by atoms with Crippen LogP contribution in [0, 0.1) is 30.6 Å². The Morgan fingerprint density at radius 3 is 2.15 bits per heavy atom. The number of hydrogen-bond acceptors (Lipinski definition) is 1. The highest BCUT2D eigenvalue weighted by Crippen LogP contribution is 2.48. The first-order valence-corrected chi connectivity index (χ1v) is 14.0. The molecule has 0 bridgehead atoms. The molecule has 0 N–H and O–H groups in total. The molecule has 1 aromatic carbocycles. The number of ketones is 1. The Balaban J connectivity index is 0.00000137. The average molecular weight is 465 g/mol. The molecular formula is C33H52O. The van der Waals surface area contributed by atoms with E-state index in [0.717, 1.165) is 30.4 Å². The number of benzene rings is 1. The number of allylic oxidation sites excluding steroid dienone is 5. The Hall–Kier alpha value is -1.89. The summed E-state index contributed by atoms with van der Waals surface area (Å²) in [6.07, 6.45) is 9.85. The third-order valence-electron chi connectivity index (χ3n) is 7.07. The van der Waals surface area contributed by atoms with Gasteiger partial charge in [-0.05, 0) is 49.2 Å². The Morgan fingerprint density at radius 2 is 1.62 bits per heavy atom.